The van der Waals surface area contributed by atoms with E-state index in [0.717, 1.165) is 89.9 Å². The molecule has 73 heavy (non-hydrogen) atoms. The van der Waals surface area contributed by atoms with Crippen LogP contribution in [0.1, 0.15) is 174 Å². The zero-order valence-corrected chi connectivity index (χ0v) is 44.6. The minimum absolute atomic E-state index is 0.242. The van der Waals surface area contributed by atoms with Crippen LogP contribution < -0.4 is 5.32 Å². The van der Waals surface area contributed by atoms with E-state index < -0.39 is 86.8 Å². The van der Waals surface area contributed by atoms with Crippen molar-refractivity contribution < 1.29 is 64.6 Å². The Balaban J connectivity index is 1.78. The molecule has 0 radical (unpaired) electrons. The van der Waals surface area contributed by atoms with E-state index in [1.165, 1.54) is 51.4 Å². The zero-order valence-electron chi connectivity index (χ0n) is 44.6. The van der Waals surface area contributed by atoms with Crippen molar-refractivity contribution in [2.24, 2.45) is 0 Å². The highest BCUT2D eigenvalue weighted by Crippen LogP contribution is 2.30. The van der Waals surface area contributed by atoms with Crippen LogP contribution in [-0.2, 0) is 23.7 Å². The lowest BCUT2D eigenvalue weighted by atomic mass is 9.97. The smallest absolute Gasteiger partial charge is 0.220 e. The van der Waals surface area contributed by atoms with Gasteiger partial charge >= 0.3 is 0 Å². The van der Waals surface area contributed by atoms with Gasteiger partial charge in [-0.15, -0.1) is 0 Å². The molecule has 2 saturated heterocycles. The van der Waals surface area contributed by atoms with Crippen molar-refractivity contribution in [2.45, 2.75) is 248 Å². The molecule has 0 aromatic heterocycles. The van der Waals surface area contributed by atoms with Gasteiger partial charge in [0.2, 0.25) is 5.91 Å². The van der Waals surface area contributed by atoms with Crippen LogP contribution in [0.5, 0.6) is 0 Å². The summed E-state index contributed by atoms with van der Waals surface area (Å²) in [4.78, 5) is 13.2. The summed E-state index contributed by atoms with van der Waals surface area (Å²) < 4.78 is 22.7. The van der Waals surface area contributed by atoms with Gasteiger partial charge in [-0.2, -0.15) is 0 Å². The van der Waals surface area contributed by atoms with Crippen LogP contribution in [-0.4, -0.2) is 140 Å². The van der Waals surface area contributed by atoms with Gasteiger partial charge in [-0.25, -0.2) is 0 Å². The average molecular weight is 1030 g/mol. The maximum atomic E-state index is 13.2. The molecular weight excluding hydrogens is 931 g/mol. The van der Waals surface area contributed by atoms with Gasteiger partial charge < -0.3 is 65.1 Å². The van der Waals surface area contributed by atoms with Crippen LogP contribution >= 0.6 is 0 Å². The Bertz CT molecular complexity index is 1590. The standard InChI is InChI=1S/C59H99NO13/c1-3-5-7-9-11-13-15-17-18-19-20-21-22-23-24-25-26-27-28-29-30-31-33-35-37-39-41-43-51(64)60-47(48(63)42-40-38-36-34-32-16-14-12-10-8-6-4-2)46-70-58-56(69)54(67)57(50(45-62)72-58)73-59-55(68)53(66)52(65)49(44-61)71-59/h5,7,11,13,17-18,20-21,23-24,26-27,29-30,33,35,47-50,52-59,61-63,65-69H,3-4,6,8-10,12,14-16,19,22,25,28,31-32,34,36-46H2,1-2H3,(H,60,64)/b7-5-,13-11-,18-17-,21-20-,24-23-,27-26-,30-29-,35-33-. The van der Waals surface area contributed by atoms with Crippen LogP contribution in [0.4, 0.5) is 0 Å². The Kier molecular flexibility index (Phi) is 39.9. The zero-order chi connectivity index (χ0) is 53.2. The summed E-state index contributed by atoms with van der Waals surface area (Å²) in [5, 5.41) is 87.0. The first-order chi connectivity index (χ1) is 35.6. The molecule has 0 aromatic rings. The largest absolute Gasteiger partial charge is 0.394 e. The van der Waals surface area contributed by atoms with E-state index >= 15 is 0 Å². The predicted molar refractivity (Wildman–Crippen MR) is 290 cm³/mol. The number of rotatable bonds is 42. The molecule has 0 saturated carbocycles. The second-order valence-electron chi connectivity index (χ2n) is 19.3. The van der Waals surface area contributed by atoms with Gasteiger partial charge in [0.25, 0.3) is 0 Å². The van der Waals surface area contributed by atoms with E-state index in [-0.39, 0.29) is 18.9 Å². The number of amides is 1. The summed E-state index contributed by atoms with van der Waals surface area (Å²) in [6, 6.07) is -0.858. The molecule has 0 spiro atoms. The number of allylic oxidation sites excluding steroid dienone is 16. The third-order valence-electron chi connectivity index (χ3n) is 13.1. The van der Waals surface area contributed by atoms with Gasteiger partial charge in [0.15, 0.2) is 12.6 Å². The summed E-state index contributed by atoms with van der Waals surface area (Å²) in [6.07, 6.45) is 42.7. The molecule has 418 valence electrons. The van der Waals surface area contributed by atoms with Gasteiger partial charge in [0, 0.05) is 6.42 Å². The first kappa shape index (κ1) is 66.0. The van der Waals surface area contributed by atoms with Gasteiger partial charge in [-0.05, 0) is 77.0 Å². The molecule has 0 aromatic carbocycles. The predicted octanol–water partition coefficient (Wildman–Crippen LogP) is 8.71. The van der Waals surface area contributed by atoms with Gasteiger partial charge in [0.05, 0.1) is 32.0 Å². The highest BCUT2D eigenvalue weighted by Gasteiger charge is 2.51. The van der Waals surface area contributed by atoms with Crippen LogP contribution in [0.15, 0.2) is 97.2 Å². The minimum Gasteiger partial charge on any atom is -0.394 e. The molecular formula is C59H99NO13. The van der Waals surface area contributed by atoms with Crippen molar-refractivity contribution in [3.63, 3.8) is 0 Å². The first-order valence-electron chi connectivity index (χ1n) is 28.0. The molecule has 12 atom stereocenters. The number of carbonyl (C=O) groups is 1. The number of hydrogen-bond donors (Lipinski definition) is 9. The van der Waals surface area contributed by atoms with E-state index in [9.17, 15) is 45.6 Å². The molecule has 14 nitrogen and oxygen atoms in total. The van der Waals surface area contributed by atoms with Crippen LogP contribution in [0.2, 0.25) is 0 Å². The fourth-order valence-corrected chi connectivity index (χ4v) is 8.54. The lowest BCUT2D eigenvalue weighted by Gasteiger charge is -2.46. The molecule has 2 aliphatic rings. The number of aliphatic hydroxyl groups excluding tert-OH is 8. The molecule has 1 amide bonds. The molecule has 2 heterocycles. The number of unbranched alkanes of at least 4 members (excludes halogenated alkanes) is 13. The van der Waals surface area contributed by atoms with Crippen LogP contribution in [0.25, 0.3) is 0 Å². The number of hydrogen-bond acceptors (Lipinski definition) is 13. The minimum atomic E-state index is -1.79. The summed E-state index contributed by atoms with van der Waals surface area (Å²) in [5.41, 5.74) is 0. The molecule has 0 aliphatic carbocycles. The molecule has 2 rings (SSSR count). The van der Waals surface area contributed by atoms with Crippen LogP contribution in [0.3, 0.4) is 0 Å². The summed E-state index contributed by atoms with van der Waals surface area (Å²) in [7, 11) is 0. The average Bonchev–Trinajstić information content (AvgIpc) is 3.39. The highest BCUT2D eigenvalue weighted by molar-refractivity contribution is 5.76. The second kappa shape index (κ2) is 44.1. The van der Waals surface area contributed by atoms with E-state index in [0.29, 0.717) is 12.8 Å². The molecule has 2 fully saturated rings. The van der Waals surface area contributed by atoms with Crippen molar-refractivity contribution in [3.05, 3.63) is 97.2 Å². The fraction of sp³-hybridized carbons (Fsp3) is 0.712. The quantitative estimate of drug-likeness (QED) is 0.0206. The highest BCUT2D eigenvalue weighted by atomic mass is 16.7. The Morgan fingerprint density at radius 1 is 0.507 bits per heavy atom. The van der Waals surface area contributed by atoms with Crippen molar-refractivity contribution in [1.82, 2.24) is 5.32 Å². The summed E-state index contributed by atoms with van der Waals surface area (Å²) in [6.45, 7) is 2.68. The molecule has 9 N–H and O–H groups in total. The summed E-state index contributed by atoms with van der Waals surface area (Å²) >= 11 is 0. The Morgan fingerprint density at radius 3 is 1.42 bits per heavy atom. The number of aliphatic hydroxyl groups is 8. The Morgan fingerprint density at radius 2 is 0.945 bits per heavy atom. The fourth-order valence-electron chi connectivity index (χ4n) is 8.54. The van der Waals surface area contributed by atoms with Gasteiger partial charge in [-0.1, -0.05) is 188 Å². The third kappa shape index (κ3) is 30.3. The number of carbonyl (C=O) groups excluding carboxylic acids is 1. The molecule has 0 bridgehead atoms. The summed E-state index contributed by atoms with van der Waals surface area (Å²) in [5.74, 6) is -0.255. The van der Waals surface area contributed by atoms with Crippen LogP contribution in [0, 0.1) is 0 Å². The molecule has 2 aliphatic heterocycles. The topological polar surface area (TPSA) is 228 Å². The van der Waals surface area contributed by atoms with E-state index in [1.54, 1.807) is 0 Å². The number of ether oxygens (including phenoxy) is 4. The van der Waals surface area contributed by atoms with Crippen molar-refractivity contribution in [1.29, 1.82) is 0 Å². The third-order valence-corrected chi connectivity index (χ3v) is 13.1. The first-order valence-corrected chi connectivity index (χ1v) is 28.0. The van der Waals surface area contributed by atoms with Crippen molar-refractivity contribution in [2.75, 3.05) is 19.8 Å². The van der Waals surface area contributed by atoms with E-state index in [1.807, 2.05) is 0 Å². The monoisotopic (exact) mass is 1030 g/mol. The lowest BCUT2D eigenvalue weighted by molar-refractivity contribution is -0.359. The normalized spacial score (nSPS) is 26.2. The second-order valence-corrected chi connectivity index (χ2v) is 19.3. The number of nitrogens with one attached hydrogen (secondary N) is 1. The van der Waals surface area contributed by atoms with E-state index in [4.69, 9.17) is 18.9 Å². The maximum absolute atomic E-state index is 13.2. The van der Waals surface area contributed by atoms with Crippen molar-refractivity contribution in [3.8, 4) is 0 Å². The van der Waals surface area contributed by atoms with Crippen molar-refractivity contribution >= 4 is 5.91 Å². The van der Waals surface area contributed by atoms with E-state index in [2.05, 4.69) is 116 Å². The Hall–Kier alpha value is -3.09. The maximum Gasteiger partial charge on any atom is 0.220 e. The SMILES string of the molecule is CC/C=C\C/C=C\C/C=C\C/C=C\C/C=C\C/C=C\C/C=C\C/C=C\CCCCC(=O)NC(COC1OC(CO)C(OC2OC(CO)C(O)C(O)C2O)C(O)C1O)C(O)CCCCCCCCCCCCCC. The Labute approximate surface area is 439 Å². The molecule has 12 unspecified atom stereocenters. The molecule has 14 heteroatoms. The van der Waals surface area contributed by atoms with Gasteiger partial charge in [-0.3, -0.25) is 4.79 Å². The lowest BCUT2D eigenvalue weighted by Crippen LogP contribution is -2.65. The van der Waals surface area contributed by atoms with Gasteiger partial charge in [0.1, 0.15) is 48.8 Å².